The van der Waals surface area contributed by atoms with Crippen molar-refractivity contribution in [2.45, 2.75) is 13.0 Å². The molecule has 0 fully saturated rings. The normalized spacial score (nSPS) is 10.4. The maximum Gasteiger partial charge on any atom is 0.280 e. The number of nitrogens with two attached hydrogens (primary N) is 1. The summed E-state index contributed by atoms with van der Waals surface area (Å²) in [4.78, 5) is 27.2. The highest BCUT2D eigenvalue weighted by atomic mass is 35.5. The summed E-state index contributed by atoms with van der Waals surface area (Å²) < 4.78 is 1.43. The Morgan fingerprint density at radius 2 is 2.15 bits per heavy atom. The second-order valence-electron chi connectivity index (χ2n) is 4.10. The summed E-state index contributed by atoms with van der Waals surface area (Å²) in [7, 11) is 0. The molecular weight excluding hydrogens is 280 g/mol. The van der Waals surface area contributed by atoms with Crippen LogP contribution < -0.4 is 11.3 Å². The Morgan fingerprint density at radius 1 is 1.30 bits per heavy atom. The number of nitrogen functional groups attached to an aromatic ring is 1. The van der Waals surface area contributed by atoms with Crippen LogP contribution in [0, 0.1) is 0 Å². The maximum atomic E-state index is 12.2. The number of pyridine rings is 1. The third kappa shape index (κ3) is 2.48. The van der Waals surface area contributed by atoms with Gasteiger partial charge in [0.1, 0.15) is 0 Å². The summed E-state index contributed by atoms with van der Waals surface area (Å²) in [6.45, 7) is 0.434. The largest absolute Gasteiger partial charge is 0.369 e. The van der Waals surface area contributed by atoms with Crippen LogP contribution in [0.4, 0.5) is 5.95 Å². The van der Waals surface area contributed by atoms with Crippen LogP contribution in [0.2, 0.25) is 0 Å². The van der Waals surface area contributed by atoms with Gasteiger partial charge in [-0.1, -0.05) is 6.07 Å². The van der Waals surface area contributed by atoms with E-state index in [9.17, 15) is 4.79 Å². The van der Waals surface area contributed by atoms with Crippen LogP contribution in [0.25, 0.3) is 11.2 Å². The zero-order chi connectivity index (χ0) is 13.2. The molecule has 0 aromatic carbocycles. The van der Waals surface area contributed by atoms with E-state index in [0.29, 0.717) is 24.1 Å². The Kier molecular flexibility index (Phi) is 3.99. The van der Waals surface area contributed by atoms with Crippen LogP contribution in [0.15, 0.2) is 35.5 Å². The van der Waals surface area contributed by atoms with E-state index in [0.717, 1.165) is 5.69 Å². The number of hydrogen-bond donors (Lipinski definition) is 2. The van der Waals surface area contributed by atoms with Gasteiger partial charge in [-0.15, -0.1) is 12.4 Å². The Morgan fingerprint density at radius 3 is 2.90 bits per heavy atom. The number of imidazole rings is 1. The highest BCUT2D eigenvalue weighted by molar-refractivity contribution is 5.85. The topological polar surface area (TPSA) is 102 Å². The lowest BCUT2D eigenvalue weighted by Gasteiger charge is -2.07. The minimum Gasteiger partial charge on any atom is -0.369 e. The number of nitrogens with one attached hydrogen (secondary N) is 1. The van der Waals surface area contributed by atoms with Crippen molar-refractivity contribution in [2.24, 2.45) is 0 Å². The second-order valence-corrected chi connectivity index (χ2v) is 4.10. The van der Waals surface area contributed by atoms with E-state index in [1.165, 1.54) is 10.9 Å². The molecule has 3 N–H and O–H groups in total. The molecule has 8 heteroatoms. The van der Waals surface area contributed by atoms with Crippen molar-refractivity contribution in [1.82, 2.24) is 24.5 Å². The average molecular weight is 293 g/mol. The fraction of sp³-hybridized carbons (Fsp3) is 0.167. The van der Waals surface area contributed by atoms with Gasteiger partial charge in [0.2, 0.25) is 5.95 Å². The minimum atomic E-state index is -0.212. The first-order valence-corrected chi connectivity index (χ1v) is 5.85. The van der Waals surface area contributed by atoms with Gasteiger partial charge in [-0.05, 0) is 12.1 Å². The van der Waals surface area contributed by atoms with E-state index in [1.54, 1.807) is 6.20 Å². The minimum absolute atomic E-state index is 0. The molecule has 0 unspecified atom stereocenters. The first kappa shape index (κ1) is 14.0. The van der Waals surface area contributed by atoms with Gasteiger partial charge in [0, 0.05) is 24.9 Å². The SMILES string of the molecule is Cl.Nc1nc2nc[nH]c2c(=O)n1CCc1ccccn1. The van der Waals surface area contributed by atoms with Crippen LogP contribution in [0.1, 0.15) is 5.69 Å². The smallest absolute Gasteiger partial charge is 0.280 e. The Labute approximate surface area is 120 Å². The molecule has 0 aliphatic rings. The molecule has 7 nitrogen and oxygen atoms in total. The van der Waals surface area contributed by atoms with Crippen molar-refractivity contribution >= 4 is 29.5 Å². The molecule has 3 rings (SSSR count). The Hall–Kier alpha value is -2.41. The number of aromatic nitrogens is 5. The molecule has 3 aromatic rings. The average Bonchev–Trinajstić information content (AvgIpc) is 2.88. The fourth-order valence-electron chi connectivity index (χ4n) is 1.93. The quantitative estimate of drug-likeness (QED) is 0.742. The zero-order valence-electron chi connectivity index (χ0n) is 10.5. The summed E-state index contributed by atoms with van der Waals surface area (Å²) in [5.41, 5.74) is 7.19. The summed E-state index contributed by atoms with van der Waals surface area (Å²) in [5, 5.41) is 0. The lowest BCUT2D eigenvalue weighted by Crippen LogP contribution is -2.25. The Bertz CT molecular complexity index is 766. The van der Waals surface area contributed by atoms with Crippen molar-refractivity contribution in [2.75, 3.05) is 5.73 Å². The number of anilines is 1. The van der Waals surface area contributed by atoms with E-state index >= 15 is 0 Å². The van der Waals surface area contributed by atoms with Crippen molar-refractivity contribution < 1.29 is 0 Å². The second kappa shape index (κ2) is 5.70. The molecule has 0 radical (unpaired) electrons. The van der Waals surface area contributed by atoms with Gasteiger partial charge in [0.15, 0.2) is 11.2 Å². The van der Waals surface area contributed by atoms with Crippen LogP contribution in [0.3, 0.4) is 0 Å². The van der Waals surface area contributed by atoms with Gasteiger partial charge in [-0.25, -0.2) is 4.98 Å². The molecule has 0 saturated heterocycles. The number of hydrogen-bond acceptors (Lipinski definition) is 5. The molecule has 0 bridgehead atoms. The number of halogens is 1. The van der Waals surface area contributed by atoms with Crippen LogP contribution in [0.5, 0.6) is 0 Å². The van der Waals surface area contributed by atoms with Crippen LogP contribution in [-0.4, -0.2) is 24.5 Å². The van der Waals surface area contributed by atoms with E-state index in [4.69, 9.17) is 5.73 Å². The molecule has 3 heterocycles. The van der Waals surface area contributed by atoms with Gasteiger partial charge in [-0.3, -0.25) is 14.3 Å². The molecule has 0 aliphatic heterocycles. The molecule has 0 aliphatic carbocycles. The summed E-state index contributed by atoms with van der Waals surface area (Å²) in [5.74, 6) is 0.167. The van der Waals surface area contributed by atoms with Crippen LogP contribution in [-0.2, 0) is 13.0 Å². The predicted octanol–water partition coefficient (Wildman–Crippen LogP) is 0.761. The molecule has 0 saturated carbocycles. The van der Waals surface area contributed by atoms with E-state index in [-0.39, 0.29) is 23.9 Å². The number of H-pyrrole nitrogens is 1. The third-order valence-corrected chi connectivity index (χ3v) is 2.89. The van der Waals surface area contributed by atoms with E-state index < -0.39 is 0 Å². The monoisotopic (exact) mass is 292 g/mol. The highest BCUT2D eigenvalue weighted by Gasteiger charge is 2.10. The predicted molar refractivity (Wildman–Crippen MR) is 77.8 cm³/mol. The fourth-order valence-corrected chi connectivity index (χ4v) is 1.93. The van der Waals surface area contributed by atoms with Gasteiger partial charge >= 0.3 is 0 Å². The summed E-state index contributed by atoms with van der Waals surface area (Å²) in [6, 6.07) is 5.66. The van der Waals surface area contributed by atoms with E-state index in [1.807, 2.05) is 18.2 Å². The van der Waals surface area contributed by atoms with Crippen LogP contribution >= 0.6 is 12.4 Å². The third-order valence-electron chi connectivity index (χ3n) is 2.89. The van der Waals surface area contributed by atoms with Gasteiger partial charge in [-0.2, -0.15) is 4.98 Å². The lowest BCUT2D eigenvalue weighted by molar-refractivity contribution is 0.664. The maximum absolute atomic E-state index is 12.2. The number of rotatable bonds is 3. The number of fused-ring (bicyclic) bond motifs is 1. The summed E-state index contributed by atoms with van der Waals surface area (Å²) in [6.07, 6.45) is 3.77. The standard InChI is InChI=1S/C12H12N6O.ClH/c13-12-17-10-9(15-7-16-10)11(19)18(12)6-4-8-3-1-2-5-14-8;/h1-3,5,7H,4,6H2,(H2,13,17)(H,15,16);1H. The Balaban J connectivity index is 0.00000147. The van der Waals surface area contributed by atoms with Crippen molar-refractivity contribution in [3.63, 3.8) is 0 Å². The van der Waals surface area contributed by atoms with Gasteiger partial charge < -0.3 is 10.7 Å². The first-order valence-electron chi connectivity index (χ1n) is 5.85. The molecule has 0 atom stereocenters. The van der Waals surface area contributed by atoms with Crippen molar-refractivity contribution in [3.8, 4) is 0 Å². The van der Waals surface area contributed by atoms with Crippen molar-refractivity contribution in [1.29, 1.82) is 0 Å². The number of aryl methyl sites for hydroxylation is 1. The molecule has 0 amide bonds. The summed E-state index contributed by atoms with van der Waals surface area (Å²) >= 11 is 0. The molecular formula is C12H13ClN6O. The molecule has 0 spiro atoms. The molecule has 3 aromatic heterocycles. The van der Waals surface area contributed by atoms with Gasteiger partial charge in [0.05, 0.1) is 6.33 Å². The number of nitrogens with zero attached hydrogens (tertiary/aromatic N) is 4. The van der Waals surface area contributed by atoms with Gasteiger partial charge in [0.25, 0.3) is 5.56 Å². The lowest BCUT2D eigenvalue weighted by atomic mass is 10.2. The van der Waals surface area contributed by atoms with Crippen molar-refractivity contribution in [3.05, 3.63) is 46.8 Å². The molecule has 104 valence electrons. The zero-order valence-corrected chi connectivity index (χ0v) is 11.3. The molecule has 20 heavy (non-hydrogen) atoms. The van der Waals surface area contributed by atoms with E-state index in [2.05, 4.69) is 19.9 Å². The first-order chi connectivity index (χ1) is 9.25. The highest BCUT2D eigenvalue weighted by Crippen LogP contribution is 2.05. The number of aromatic amines is 1.